The van der Waals surface area contributed by atoms with Crippen molar-refractivity contribution in [2.24, 2.45) is 0 Å². The SMILES string of the molecule is N#CCN1CCN(C(=O)c2cc(Br)ccc2Cl)CC1. The van der Waals surface area contributed by atoms with Gasteiger partial charge in [0.25, 0.3) is 5.91 Å². The van der Waals surface area contributed by atoms with Gasteiger partial charge in [0.1, 0.15) is 0 Å². The van der Waals surface area contributed by atoms with Gasteiger partial charge in [-0.3, -0.25) is 9.69 Å². The van der Waals surface area contributed by atoms with Gasteiger partial charge in [0.05, 0.1) is 23.2 Å². The first-order valence-electron chi connectivity index (χ1n) is 5.95. The first-order chi connectivity index (χ1) is 9.11. The van der Waals surface area contributed by atoms with Crippen molar-refractivity contribution in [3.8, 4) is 6.07 Å². The van der Waals surface area contributed by atoms with E-state index in [1.54, 1.807) is 17.0 Å². The largest absolute Gasteiger partial charge is 0.336 e. The summed E-state index contributed by atoms with van der Waals surface area (Å²) in [5.74, 6) is -0.0529. The lowest BCUT2D eigenvalue weighted by Gasteiger charge is -2.33. The summed E-state index contributed by atoms with van der Waals surface area (Å²) in [7, 11) is 0. The van der Waals surface area contributed by atoms with Crippen LogP contribution in [0.25, 0.3) is 0 Å². The minimum absolute atomic E-state index is 0.0529. The Bertz CT molecular complexity index is 521. The van der Waals surface area contributed by atoms with E-state index in [0.29, 0.717) is 30.2 Å². The molecule has 1 saturated heterocycles. The summed E-state index contributed by atoms with van der Waals surface area (Å²) in [6.45, 7) is 3.13. The summed E-state index contributed by atoms with van der Waals surface area (Å²) in [6.07, 6.45) is 0. The summed E-state index contributed by atoms with van der Waals surface area (Å²) in [4.78, 5) is 16.2. The van der Waals surface area contributed by atoms with Crippen molar-refractivity contribution in [2.75, 3.05) is 32.7 Å². The molecule has 0 unspecified atom stereocenters. The fourth-order valence-electron chi connectivity index (χ4n) is 2.04. The van der Waals surface area contributed by atoms with Gasteiger partial charge in [0.2, 0.25) is 0 Å². The summed E-state index contributed by atoms with van der Waals surface area (Å²) in [5.41, 5.74) is 0.518. The van der Waals surface area contributed by atoms with Gasteiger partial charge >= 0.3 is 0 Å². The summed E-state index contributed by atoms with van der Waals surface area (Å²) >= 11 is 9.41. The first-order valence-corrected chi connectivity index (χ1v) is 7.12. The Balaban J connectivity index is 2.05. The zero-order valence-electron chi connectivity index (χ0n) is 10.3. The molecule has 4 nitrogen and oxygen atoms in total. The minimum atomic E-state index is -0.0529. The van der Waals surface area contributed by atoms with Crippen LogP contribution in [0.4, 0.5) is 0 Å². The Labute approximate surface area is 125 Å². The number of nitrogens with zero attached hydrogens (tertiary/aromatic N) is 3. The number of nitriles is 1. The number of rotatable bonds is 2. The van der Waals surface area contributed by atoms with Crippen molar-refractivity contribution in [1.82, 2.24) is 9.80 Å². The van der Waals surface area contributed by atoms with Crippen molar-refractivity contribution in [1.29, 1.82) is 5.26 Å². The summed E-state index contributed by atoms with van der Waals surface area (Å²) in [5, 5.41) is 9.11. The molecule has 1 aliphatic heterocycles. The summed E-state index contributed by atoms with van der Waals surface area (Å²) < 4.78 is 0.836. The predicted octanol–water partition coefficient (Wildman–Crippen LogP) is 2.38. The van der Waals surface area contributed by atoms with Crippen LogP contribution in [0.2, 0.25) is 5.02 Å². The van der Waals surface area contributed by atoms with E-state index in [-0.39, 0.29) is 5.91 Å². The van der Waals surface area contributed by atoms with Gasteiger partial charge in [-0.05, 0) is 18.2 Å². The third kappa shape index (κ3) is 3.47. The lowest BCUT2D eigenvalue weighted by molar-refractivity contribution is 0.0652. The second-order valence-corrected chi connectivity index (χ2v) is 5.67. The van der Waals surface area contributed by atoms with Crippen LogP contribution in [0.1, 0.15) is 10.4 Å². The molecule has 0 atom stereocenters. The molecule has 0 radical (unpaired) electrons. The van der Waals surface area contributed by atoms with Gasteiger partial charge in [-0.1, -0.05) is 27.5 Å². The average molecular weight is 343 g/mol. The van der Waals surface area contributed by atoms with Crippen LogP contribution in [0.15, 0.2) is 22.7 Å². The lowest BCUT2D eigenvalue weighted by Crippen LogP contribution is -2.48. The highest BCUT2D eigenvalue weighted by atomic mass is 79.9. The molecule has 0 spiro atoms. The standard InChI is InChI=1S/C13H13BrClN3O/c14-10-1-2-12(15)11(9-10)13(19)18-7-5-17(4-3-16)6-8-18/h1-2,9H,4-8H2. The molecule has 19 heavy (non-hydrogen) atoms. The lowest BCUT2D eigenvalue weighted by atomic mass is 10.2. The maximum atomic E-state index is 12.4. The van der Waals surface area contributed by atoms with E-state index >= 15 is 0 Å². The van der Waals surface area contributed by atoms with Gasteiger partial charge in [-0.15, -0.1) is 0 Å². The third-order valence-electron chi connectivity index (χ3n) is 3.11. The van der Waals surface area contributed by atoms with Crippen molar-refractivity contribution in [3.05, 3.63) is 33.3 Å². The van der Waals surface area contributed by atoms with Crippen molar-refractivity contribution in [3.63, 3.8) is 0 Å². The molecule has 6 heteroatoms. The predicted molar refractivity (Wildman–Crippen MR) is 77.1 cm³/mol. The number of hydrogen-bond acceptors (Lipinski definition) is 3. The first kappa shape index (κ1) is 14.3. The second-order valence-electron chi connectivity index (χ2n) is 4.35. The molecule has 1 aromatic rings. The Hall–Kier alpha value is -1.09. The fourth-order valence-corrected chi connectivity index (χ4v) is 2.60. The Morgan fingerprint density at radius 1 is 1.37 bits per heavy atom. The molecule has 0 N–H and O–H groups in total. The molecule has 0 aliphatic carbocycles. The molecular weight excluding hydrogens is 330 g/mol. The number of piperazine rings is 1. The van der Waals surface area contributed by atoms with E-state index in [1.165, 1.54) is 0 Å². The Kier molecular flexibility index (Phi) is 4.81. The molecule has 1 heterocycles. The molecule has 100 valence electrons. The maximum Gasteiger partial charge on any atom is 0.255 e. The topological polar surface area (TPSA) is 47.3 Å². The van der Waals surface area contributed by atoms with Crippen LogP contribution >= 0.6 is 27.5 Å². The smallest absolute Gasteiger partial charge is 0.255 e. The number of carbonyl (C=O) groups excluding carboxylic acids is 1. The van der Waals surface area contributed by atoms with Crippen LogP contribution in [-0.4, -0.2) is 48.4 Å². The highest BCUT2D eigenvalue weighted by Gasteiger charge is 2.23. The van der Waals surface area contributed by atoms with Gasteiger partial charge in [-0.25, -0.2) is 0 Å². The van der Waals surface area contributed by atoms with Crippen molar-refractivity contribution >= 4 is 33.4 Å². The second kappa shape index (κ2) is 6.38. The molecule has 0 bridgehead atoms. The minimum Gasteiger partial charge on any atom is -0.336 e. The normalized spacial score (nSPS) is 16.2. The molecule has 0 aromatic heterocycles. The third-order valence-corrected chi connectivity index (χ3v) is 3.94. The van der Waals surface area contributed by atoms with Crippen molar-refractivity contribution < 1.29 is 4.79 Å². The van der Waals surface area contributed by atoms with Gasteiger partial charge < -0.3 is 4.90 Å². The van der Waals surface area contributed by atoms with E-state index in [0.717, 1.165) is 17.6 Å². The molecule has 1 amide bonds. The van der Waals surface area contributed by atoms with Gasteiger partial charge in [-0.2, -0.15) is 5.26 Å². The quantitative estimate of drug-likeness (QED) is 0.775. The molecule has 0 saturated carbocycles. The highest BCUT2D eigenvalue weighted by molar-refractivity contribution is 9.10. The van der Waals surface area contributed by atoms with Gasteiger partial charge in [0, 0.05) is 30.7 Å². The Morgan fingerprint density at radius 3 is 2.68 bits per heavy atom. The van der Waals surface area contributed by atoms with E-state index in [2.05, 4.69) is 22.0 Å². The highest BCUT2D eigenvalue weighted by Crippen LogP contribution is 2.22. The van der Waals surface area contributed by atoms with Crippen LogP contribution < -0.4 is 0 Å². The van der Waals surface area contributed by atoms with Gasteiger partial charge in [0.15, 0.2) is 0 Å². The Morgan fingerprint density at radius 2 is 2.05 bits per heavy atom. The summed E-state index contributed by atoms with van der Waals surface area (Å²) in [6, 6.07) is 7.39. The van der Waals surface area contributed by atoms with Crippen molar-refractivity contribution in [2.45, 2.75) is 0 Å². The number of benzene rings is 1. The van der Waals surface area contributed by atoms with E-state index < -0.39 is 0 Å². The van der Waals surface area contributed by atoms with Crippen LogP contribution in [0, 0.1) is 11.3 Å². The molecular formula is C13H13BrClN3O. The number of hydrogen-bond donors (Lipinski definition) is 0. The maximum absolute atomic E-state index is 12.4. The molecule has 1 aliphatic rings. The molecule has 2 rings (SSSR count). The van der Waals surface area contributed by atoms with E-state index in [4.69, 9.17) is 16.9 Å². The monoisotopic (exact) mass is 341 g/mol. The number of amides is 1. The molecule has 1 aromatic carbocycles. The van der Waals surface area contributed by atoms with Crippen LogP contribution in [0.3, 0.4) is 0 Å². The zero-order valence-corrected chi connectivity index (χ0v) is 12.6. The number of carbonyl (C=O) groups is 1. The fraction of sp³-hybridized carbons (Fsp3) is 0.385. The van der Waals surface area contributed by atoms with Crippen LogP contribution in [0.5, 0.6) is 0 Å². The van der Waals surface area contributed by atoms with E-state index in [1.807, 2.05) is 11.0 Å². The zero-order chi connectivity index (χ0) is 13.8. The number of halogens is 2. The van der Waals surface area contributed by atoms with E-state index in [9.17, 15) is 4.79 Å². The van der Waals surface area contributed by atoms with Crippen LogP contribution in [-0.2, 0) is 0 Å². The average Bonchev–Trinajstić information content (AvgIpc) is 2.42. The molecule has 1 fully saturated rings.